The van der Waals surface area contributed by atoms with Crippen molar-refractivity contribution < 1.29 is 9.84 Å². The van der Waals surface area contributed by atoms with Gasteiger partial charge in [-0.05, 0) is 13.0 Å². The van der Waals surface area contributed by atoms with Gasteiger partial charge in [0.25, 0.3) is 0 Å². The fourth-order valence-corrected chi connectivity index (χ4v) is 1.99. The van der Waals surface area contributed by atoms with Crippen LogP contribution in [-0.2, 0) is 0 Å². The second-order valence-corrected chi connectivity index (χ2v) is 3.87. The Morgan fingerprint density at radius 2 is 2.42 bits per heavy atom. The van der Waals surface area contributed by atoms with Crippen LogP contribution in [0.2, 0.25) is 0 Å². The van der Waals surface area contributed by atoms with Gasteiger partial charge in [-0.15, -0.1) is 11.3 Å². The van der Waals surface area contributed by atoms with Crippen molar-refractivity contribution in [3.8, 4) is 5.75 Å². The smallest absolute Gasteiger partial charge is 0.134 e. The Hall–Kier alpha value is -0.580. The van der Waals surface area contributed by atoms with E-state index >= 15 is 0 Å². The molecule has 0 aliphatic rings. The van der Waals surface area contributed by atoms with Crippen molar-refractivity contribution in [1.29, 1.82) is 0 Å². The quantitative estimate of drug-likeness (QED) is 0.744. The third kappa shape index (κ3) is 1.77. The van der Waals surface area contributed by atoms with Crippen LogP contribution < -0.4 is 10.5 Å². The number of ether oxygens (including phenoxy) is 1. The number of aliphatic hydroxyl groups excluding tert-OH is 1. The Bertz CT molecular complexity index is 260. The summed E-state index contributed by atoms with van der Waals surface area (Å²) in [6.45, 7) is 1.94. The summed E-state index contributed by atoms with van der Waals surface area (Å²) in [5.74, 6) is 0.777. The van der Waals surface area contributed by atoms with Crippen molar-refractivity contribution in [3.05, 3.63) is 15.8 Å². The summed E-state index contributed by atoms with van der Waals surface area (Å²) in [6.07, 6.45) is 0. The Kier molecular flexibility index (Phi) is 3.08. The summed E-state index contributed by atoms with van der Waals surface area (Å²) >= 11 is 1.56. The number of hydrogen-bond donors (Lipinski definition) is 2. The molecule has 0 aliphatic carbocycles. The van der Waals surface area contributed by atoms with Gasteiger partial charge in [0.1, 0.15) is 5.75 Å². The molecule has 4 heteroatoms. The minimum absolute atomic E-state index is 0.0453. The van der Waals surface area contributed by atoms with E-state index in [1.165, 1.54) is 0 Å². The topological polar surface area (TPSA) is 55.5 Å². The maximum atomic E-state index is 8.84. The molecule has 0 saturated carbocycles. The van der Waals surface area contributed by atoms with Crippen LogP contribution in [0.3, 0.4) is 0 Å². The first-order chi connectivity index (χ1) is 5.69. The first kappa shape index (κ1) is 9.51. The molecule has 0 aromatic carbocycles. The summed E-state index contributed by atoms with van der Waals surface area (Å²) in [5.41, 5.74) is 5.66. The number of hydrogen-bond acceptors (Lipinski definition) is 4. The van der Waals surface area contributed by atoms with Gasteiger partial charge in [-0.1, -0.05) is 0 Å². The van der Waals surface area contributed by atoms with Crippen LogP contribution in [0.1, 0.15) is 15.8 Å². The summed E-state index contributed by atoms with van der Waals surface area (Å²) in [6, 6.07) is 1.61. The minimum atomic E-state index is -0.321. The predicted octanol–water partition coefficient (Wildman–Crippen LogP) is 1.06. The zero-order valence-electron chi connectivity index (χ0n) is 7.20. The lowest BCUT2D eigenvalue weighted by Crippen LogP contribution is -2.13. The molecule has 0 bridgehead atoms. The average molecular weight is 187 g/mol. The first-order valence-corrected chi connectivity index (χ1v) is 4.51. The Morgan fingerprint density at radius 3 is 2.92 bits per heavy atom. The molecule has 1 aromatic heterocycles. The summed E-state index contributed by atoms with van der Waals surface area (Å²) in [7, 11) is 1.61. The fourth-order valence-electron chi connectivity index (χ4n) is 1.01. The minimum Gasteiger partial charge on any atom is -0.496 e. The maximum absolute atomic E-state index is 8.84. The summed E-state index contributed by atoms with van der Waals surface area (Å²) in [5, 5.41) is 8.84. The van der Waals surface area contributed by atoms with E-state index in [-0.39, 0.29) is 12.6 Å². The molecule has 0 radical (unpaired) electrons. The van der Waals surface area contributed by atoms with Gasteiger partial charge < -0.3 is 15.6 Å². The van der Waals surface area contributed by atoms with E-state index in [1.807, 2.05) is 13.0 Å². The number of aliphatic hydroxyl groups is 1. The zero-order chi connectivity index (χ0) is 9.14. The molecule has 1 unspecified atom stereocenters. The van der Waals surface area contributed by atoms with E-state index < -0.39 is 0 Å². The monoisotopic (exact) mass is 187 g/mol. The van der Waals surface area contributed by atoms with Gasteiger partial charge in [-0.3, -0.25) is 0 Å². The second kappa shape index (κ2) is 3.89. The van der Waals surface area contributed by atoms with E-state index in [9.17, 15) is 0 Å². The van der Waals surface area contributed by atoms with Crippen LogP contribution in [0.15, 0.2) is 6.07 Å². The SMILES string of the molecule is COc1cc(C)sc1C(N)CO. The number of thiophene rings is 1. The van der Waals surface area contributed by atoms with E-state index in [1.54, 1.807) is 18.4 Å². The molecule has 68 valence electrons. The van der Waals surface area contributed by atoms with Crippen molar-refractivity contribution in [2.75, 3.05) is 13.7 Å². The molecule has 0 spiro atoms. The standard InChI is InChI=1S/C8H13NO2S/c1-5-3-7(11-2)8(12-5)6(9)4-10/h3,6,10H,4,9H2,1-2H3. The Labute approximate surface area is 75.8 Å². The van der Waals surface area contributed by atoms with Crippen LogP contribution in [0.5, 0.6) is 5.75 Å². The van der Waals surface area contributed by atoms with E-state index in [0.717, 1.165) is 15.5 Å². The van der Waals surface area contributed by atoms with Crippen LogP contribution in [0.4, 0.5) is 0 Å². The molecular formula is C8H13NO2S. The van der Waals surface area contributed by atoms with Gasteiger partial charge >= 0.3 is 0 Å². The average Bonchev–Trinajstić information content (AvgIpc) is 2.45. The van der Waals surface area contributed by atoms with Crippen molar-refractivity contribution in [3.63, 3.8) is 0 Å². The molecule has 1 atom stereocenters. The number of methoxy groups -OCH3 is 1. The van der Waals surface area contributed by atoms with Gasteiger partial charge in [0.15, 0.2) is 0 Å². The van der Waals surface area contributed by atoms with Crippen molar-refractivity contribution in [2.45, 2.75) is 13.0 Å². The fraction of sp³-hybridized carbons (Fsp3) is 0.500. The zero-order valence-corrected chi connectivity index (χ0v) is 8.02. The molecule has 1 rings (SSSR count). The lowest BCUT2D eigenvalue weighted by atomic mass is 10.2. The van der Waals surface area contributed by atoms with Crippen molar-refractivity contribution >= 4 is 11.3 Å². The second-order valence-electron chi connectivity index (χ2n) is 2.58. The highest BCUT2D eigenvalue weighted by molar-refractivity contribution is 7.12. The lowest BCUT2D eigenvalue weighted by molar-refractivity contribution is 0.266. The number of nitrogens with two attached hydrogens (primary N) is 1. The number of aryl methyl sites for hydroxylation is 1. The van der Waals surface area contributed by atoms with Crippen LogP contribution in [0, 0.1) is 6.92 Å². The Morgan fingerprint density at radius 1 is 1.75 bits per heavy atom. The molecule has 0 aliphatic heterocycles. The van der Waals surface area contributed by atoms with Gasteiger partial charge in [-0.2, -0.15) is 0 Å². The molecule has 1 heterocycles. The highest BCUT2D eigenvalue weighted by Crippen LogP contribution is 2.32. The van der Waals surface area contributed by atoms with Crippen LogP contribution in [0.25, 0.3) is 0 Å². The summed E-state index contributed by atoms with van der Waals surface area (Å²) < 4.78 is 5.11. The van der Waals surface area contributed by atoms with Gasteiger partial charge in [0.05, 0.1) is 24.6 Å². The highest BCUT2D eigenvalue weighted by atomic mass is 32.1. The first-order valence-electron chi connectivity index (χ1n) is 3.69. The van der Waals surface area contributed by atoms with Crippen molar-refractivity contribution in [2.24, 2.45) is 5.73 Å². The Balaban J connectivity index is 2.96. The molecule has 0 saturated heterocycles. The predicted molar refractivity (Wildman–Crippen MR) is 49.6 cm³/mol. The van der Waals surface area contributed by atoms with E-state index in [0.29, 0.717) is 0 Å². The molecular weight excluding hydrogens is 174 g/mol. The molecule has 12 heavy (non-hydrogen) atoms. The summed E-state index contributed by atoms with van der Waals surface area (Å²) in [4.78, 5) is 2.06. The molecule has 0 amide bonds. The van der Waals surface area contributed by atoms with Gasteiger partial charge in [-0.25, -0.2) is 0 Å². The molecule has 3 N–H and O–H groups in total. The molecule has 3 nitrogen and oxygen atoms in total. The van der Waals surface area contributed by atoms with E-state index in [2.05, 4.69) is 0 Å². The third-order valence-corrected chi connectivity index (χ3v) is 2.77. The third-order valence-electron chi connectivity index (χ3n) is 1.60. The lowest BCUT2D eigenvalue weighted by Gasteiger charge is -2.07. The molecule has 1 aromatic rings. The van der Waals surface area contributed by atoms with Gasteiger partial charge in [0, 0.05) is 4.88 Å². The molecule has 0 fully saturated rings. The van der Waals surface area contributed by atoms with Crippen LogP contribution >= 0.6 is 11.3 Å². The maximum Gasteiger partial charge on any atom is 0.134 e. The van der Waals surface area contributed by atoms with Crippen molar-refractivity contribution in [1.82, 2.24) is 0 Å². The number of rotatable bonds is 3. The van der Waals surface area contributed by atoms with Gasteiger partial charge in [0.2, 0.25) is 0 Å². The normalized spacial score (nSPS) is 13.0. The van der Waals surface area contributed by atoms with Crippen LogP contribution in [-0.4, -0.2) is 18.8 Å². The highest BCUT2D eigenvalue weighted by Gasteiger charge is 2.13. The van der Waals surface area contributed by atoms with E-state index in [4.69, 9.17) is 15.6 Å². The largest absolute Gasteiger partial charge is 0.496 e.